The summed E-state index contributed by atoms with van der Waals surface area (Å²) < 4.78 is 5.84. The van der Waals surface area contributed by atoms with Crippen LogP contribution in [0.1, 0.15) is 54.7 Å². The van der Waals surface area contributed by atoms with Crippen LogP contribution in [0.3, 0.4) is 0 Å². The van der Waals surface area contributed by atoms with Crippen molar-refractivity contribution in [3.05, 3.63) is 95.6 Å². The molecular weight excluding hydrogens is 530 g/mol. The largest absolute Gasteiger partial charge is 0.481 e. The molecule has 42 heavy (non-hydrogen) atoms. The van der Waals surface area contributed by atoms with Gasteiger partial charge >= 0.3 is 12.1 Å². The second kappa shape index (κ2) is 12.0. The molecule has 2 unspecified atom stereocenters. The predicted molar refractivity (Wildman–Crippen MR) is 159 cm³/mol. The van der Waals surface area contributed by atoms with E-state index >= 15 is 0 Å². The van der Waals surface area contributed by atoms with E-state index < -0.39 is 23.6 Å². The fourth-order valence-electron chi connectivity index (χ4n) is 6.71. The van der Waals surface area contributed by atoms with Crippen molar-refractivity contribution in [2.45, 2.75) is 56.1 Å². The van der Waals surface area contributed by atoms with Crippen LogP contribution >= 0.6 is 0 Å². The molecule has 1 saturated heterocycles. The minimum absolute atomic E-state index is 0.0929. The molecule has 8 heteroatoms. The normalized spacial score (nSPS) is 20.7. The molecular formula is C34H37N3O5. The Hall–Kier alpha value is -4.17. The summed E-state index contributed by atoms with van der Waals surface area (Å²) in [5, 5.41) is 15.5. The number of fused-ring (bicyclic) bond motifs is 3. The average molecular weight is 568 g/mol. The van der Waals surface area contributed by atoms with E-state index in [1.54, 1.807) is 0 Å². The van der Waals surface area contributed by atoms with E-state index in [1.165, 1.54) is 0 Å². The molecule has 2 amide bonds. The Labute approximate surface area is 246 Å². The molecule has 8 nitrogen and oxygen atoms in total. The van der Waals surface area contributed by atoms with E-state index in [0.717, 1.165) is 47.1 Å². The van der Waals surface area contributed by atoms with E-state index in [1.807, 2.05) is 54.6 Å². The molecule has 0 spiro atoms. The van der Waals surface area contributed by atoms with Gasteiger partial charge in [-0.1, -0.05) is 85.3 Å². The maximum Gasteiger partial charge on any atom is 0.408 e. The topological polar surface area (TPSA) is 108 Å². The molecule has 2 fully saturated rings. The van der Waals surface area contributed by atoms with Crippen molar-refractivity contribution in [1.82, 2.24) is 15.5 Å². The maximum atomic E-state index is 13.9. The minimum Gasteiger partial charge on any atom is -0.481 e. The van der Waals surface area contributed by atoms with Crippen molar-refractivity contribution >= 4 is 18.0 Å². The monoisotopic (exact) mass is 567 g/mol. The number of carboxylic acids is 1. The summed E-state index contributed by atoms with van der Waals surface area (Å²) in [7, 11) is 0. The van der Waals surface area contributed by atoms with Gasteiger partial charge in [0.25, 0.3) is 0 Å². The quantitative estimate of drug-likeness (QED) is 0.321. The molecule has 3 aromatic carbocycles. The number of nitrogens with zero attached hydrogens (tertiary/aromatic N) is 1. The summed E-state index contributed by atoms with van der Waals surface area (Å²) in [6, 6.07) is 25.9. The van der Waals surface area contributed by atoms with E-state index in [2.05, 4.69) is 39.8 Å². The zero-order chi connectivity index (χ0) is 29.1. The number of aliphatic carboxylic acids is 1. The van der Waals surface area contributed by atoms with Gasteiger partial charge in [0, 0.05) is 31.6 Å². The Kier molecular flexibility index (Phi) is 7.98. The smallest absolute Gasteiger partial charge is 0.408 e. The van der Waals surface area contributed by atoms with Gasteiger partial charge in [0.2, 0.25) is 5.91 Å². The molecule has 0 radical (unpaired) electrons. The highest BCUT2D eigenvalue weighted by Gasteiger charge is 2.48. The third-order valence-electron chi connectivity index (χ3n) is 9.15. The molecule has 3 aromatic rings. The van der Waals surface area contributed by atoms with Crippen LogP contribution < -0.4 is 10.6 Å². The zero-order valence-corrected chi connectivity index (χ0v) is 23.6. The number of amides is 2. The van der Waals surface area contributed by atoms with Gasteiger partial charge in [-0.05, 0) is 53.0 Å². The Morgan fingerprint density at radius 1 is 0.929 bits per heavy atom. The Balaban J connectivity index is 1.18. The molecule has 6 rings (SSSR count). The molecule has 1 heterocycles. The van der Waals surface area contributed by atoms with E-state index in [9.17, 15) is 19.5 Å². The van der Waals surface area contributed by atoms with Gasteiger partial charge in [-0.3, -0.25) is 14.5 Å². The lowest BCUT2D eigenvalue weighted by atomic mass is 9.78. The molecule has 0 aromatic heterocycles. The van der Waals surface area contributed by atoms with Crippen molar-refractivity contribution in [3.8, 4) is 11.1 Å². The number of carboxylic acid groups (broad SMARTS) is 1. The van der Waals surface area contributed by atoms with Gasteiger partial charge in [0.05, 0.1) is 6.42 Å². The third kappa shape index (κ3) is 5.77. The van der Waals surface area contributed by atoms with Gasteiger partial charge in [-0.15, -0.1) is 0 Å². The van der Waals surface area contributed by atoms with Gasteiger partial charge in [-0.2, -0.15) is 0 Å². The molecule has 3 aliphatic rings. The number of carbonyl (C=O) groups is 3. The first-order valence-corrected chi connectivity index (χ1v) is 14.8. The van der Waals surface area contributed by atoms with Crippen molar-refractivity contribution in [3.63, 3.8) is 0 Å². The molecule has 3 N–H and O–H groups in total. The maximum absolute atomic E-state index is 13.9. The lowest BCUT2D eigenvalue weighted by molar-refractivity contribution is -0.138. The Morgan fingerprint density at radius 2 is 1.57 bits per heavy atom. The van der Waals surface area contributed by atoms with Crippen molar-refractivity contribution in [1.29, 1.82) is 0 Å². The second-order valence-electron chi connectivity index (χ2n) is 11.8. The number of hydrogen-bond acceptors (Lipinski definition) is 5. The number of carbonyl (C=O) groups excluding carboxylic acids is 2. The number of hydrogen-bond donors (Lipinski definition) is 3. The molecule has 2 atom stereocenters. The summed E-state index contributed by atoms with van der Waals surface area (Å²) >= 11 is 0. The molecule has 218 valence electrons. The van der Waals surface area contributed by atoms with Gasteiger partial charge in [0.15, 0.2) is 0 Å². The number of nitrogens with one attached hydrogen (secondary N) is 2. The number of likely N-dealkylation sites (tertiary alicyclic amines) is 1. The van der Waals surface area contributed by atoms with Gasteiger partial charge < -0.3 is 20.5 Å². The van der Waals surface area contributed by atoms with Crippen LogP contribution in [0.25, 0.3) is 11.1 Å². The van der Waals surface area contributed by atoms with Crippen LogP contribution in [-0.2, 0) is 20.9 Å². The van der Waals surface area contributed by atoms with Crippen molar-refractivity contribution < 1.29 is 24.2 Å². The summed E-state index contributed by atoms with van der Waals surface area (Å²) in [6.07, 6.45) is 2.44. The van der Waals surface area contributed by atoms with E-state index in [0.29, 0.717) is 26.1 Å². The number of ether oxygens (including phenoxy) is 1. The number of benzene rings is 3. The predicted octanol–water partition coefficient (Wildman–Crippen LogP) is 4.93. The minimum atomic E-state index is -1.22. The lowest BCUT2D eigenvalue weighted by Crippen LogP contribution is -2.62. The Bertz CT molecular complexity index is 1410. The first-order chi connectivity index (χ1) is 20.4. The zero-order valence-electron chi connectivity index (χ0n) is 23.6. The summed E-state index contributed by atoms with van der Waals surface area (Å²) in [6.45, 7) is 1.71. The molecule has 0 bridgehead atoms. The van der Waals surface area contributed by atoms with Crippen LogP contribution in [0.4, 0.5) is 4.79 Å². The van der Waals surface area contributed by atoms with Crippen LogP contribution in [0, 0.1) is 5.92 Å². The standard InChI is InChI=1S/C34H37N3O5/c38-31(39)19-30(24-11-8-12-24)35-32(40)34(17-18-37(22-34)20-23-9-2-1-3-10-23)36-33(41)42-21-29-27-15-6-4-13-25(27)26-14-5-7-16-28(26)29/h1-7,9-10,13-16,24,29-30H,8,11-12,17-22H2,(H,35,40)(H,36,41)(H,38,39). The number of alkyl carbamates (subject to hydrolysis) is 1. The number of rotatable bonds is 10. The second-order valence-corrected chi connectivity index (χ2v) is 11.8. The Morgan fingerprint density at radius 3 is 2.19 bits per heavy atom. The molecule has 2 aliphatic carbocycles. The SMILES string of the molecule is O=C(O)CC(NC(=O)C1(NC(=O)OCC2c3ccccc3-c3ccccc32)CCN(Cc2ccccc2)C1)C1CCC1. The fraction of sp³-hybridized carbons (Fsp3) is 0.382. The molecule has 1 saturated carbocycles. The first kappa shape index (κ1) is 28.0. The van der Waals surface area contributed by atoms with Crippen LogP contribution in [0.5, 0.6) is 0 Å². The van der Waals surface area contributed by atoms with Gasteiger partial charge in [-0.25, -0.2) is 4.79 Å². The fourth-order valence-corrected chi connectivity index (χ4v) is 6.71. The van der Waals surface area contributed by atoms with E-state index in [4.69, 9.17) is 4.74 Å². The lowest BCUT2D eigenvalue weighted by Gasteiger charge is -2.37. The van der Waals surface area contributed by atoms with Crippen molar-refractivity contribution in [2.24, 2.45) is 5.92 Å². The highest BCUT2D eigenvalue weighted by atomic mass is 16.5. The first-order valence-electron chi connectivity index (χ1n) is 14.8. The van der Waals surface area contributed by atoms with Crippen molar-refractivity contribution in [2.75, 3.05) is 19.7 Å². The highest BCUT2D eigenvalue weighted by Crippen LogP contribution is 2.44. The summed E-state index contributed by atoms with van der Waals surface area (Å²) in [4.78, 5) is 41.1. The third-order valence-corrected chi connectivity index (χ3v) is 9.15. The van der Waals surface area contributed by atoms with Crippen LogP contribution in [0.15, 0.2) is 78.9 Å². The summed E-state index contributed by atoms with van der Waals surface area (Å²) in [5.74, 6) is -1.24. The molecule has 1 aliphatic heterocycles. The average Bonchev–Trinajstić information content (AvgIpc) is 3.50. The highest BCUT2D eigenvalue weighted by molar-refractivity contribution is 5.91. The van der Waals surface area contributed by atoms with Gasteiger partial charge in [0.1, 0.15) is 12.1 Å². The van der Waals surface area contributed by atoms with E-state index in [-0.39, 0.29) is 30.8 Å². The summed E-state index contributed by atoms with van der Waals surface area (Å²) in [5.41, 5.74) is 4.42. The van der Waals surface area contributed by atoms with Crippen LogP contribution in [-0.4, -0.2) is 59.3 Å². The van der Waals surface area contributed by atoms with Crippen LogP contribution in [0.2, 0.25) is 0 Å².